The Hall–Kier alpha value is -3.48. The first-order valence-corrected chi connectivity index (χ1v) is 16.7. The summed E-state index contributed by atoms with van der Waals surface area (Å²) >= 11 is 0. The first-order valence-electron chi connectivity index (χ1n) is 16.7. The zero-order chi connectivity index (χ0) is 31.8. The Morgan fingerprint density at radius 3 is 2.38 bits per heavy atom. The number of amides is 2. The Balaban J connectivity index is 1.17. The van der Waals surface area contributed by atoms with E-state index in [0.717, 1.165) is 83.0 Å². The second kappa shape index (κ2) is 15.7. The number of nitrogens with one attached hydrogen (secondary N) is 3. The summed E-state index contributed by atoms with van der Waals surface area (Å²) in [5.74, 6) is 1.71. The maximum absolute atomic E-state index is 13.2. The first kappa shape index (κ1) is 32.9. The second-order valence-corrected chi connectivity index (χ2v) is 12.4. The number of nitrogens with zero attached hydrogens (tertiary/aromatic N) is 6. The van der Waals surface area contributed by atoms with Gasteiger partial charge in [0.05, 0.1) is 19.0 Å². The third-order valence-electron chi connectivity index (χ3n) is 9.43. The van der Waals surface area contributed by atoms with Gasteiger partial charge in [-0.15, -0.1) is 0 Å². The van der Waals surface area contributed by atoms with E-state index >= 15 is 0 Å². The summed E-state index contributed by atoms with van der Waals surface area (Å²) in [5, 5.41) is 9.57. The number of benzene rings is 1. The Labute approximate surface area is 267 Å². The summed E-state index contributed by atoms with van der Waals surface area (Å²) in [7, 11) is 5.39. The molecule has 5 rings (SSSR count). The molecule has 3 N–H and O–H groups in total. The number of hydrogen-bond acceptors (Lipinski definition) is 10. The van der Waals surface area contributed by atoms with Gasteiger partial charge in [-0.3, -0.25) is 9.59 Å². The summed E-state index contributed by atoms with van der Waals surface area (Å²) in [5.41, 5.74) is 1.93. The Morgan fingerprint density at radius 1 is 1.04 bits per heavy atom. The molecule has 0 bridgehead atoms. The molecule has 1 saturated heterocycles. The van der Waals surface area contributed by atoms with Crippen molar-refractivity contribution >= 4 is 35.0 Å². The summed E-state index contributed by atoms with van der Waals surface area (Å²) in [6.07, 6.45) is 8.99. The van der Waals surface area contributed by atoms with Crippen LogP contribution in [0.15, 0.2) is 24.4 Å². The van der Waals surface area contributed by atoms with Crippen LogP contribution >= 0.6 is 0 Å². The highest BCUT2D eigenvalue weighted by Gasteiger charge is 2.41. The van der Waals surface area contributed by atoms with Gasteiger partial charge < -0.3 is 40.3 Å². The average Bonchev–Trinajstić information content (AvgIpc) is 3.60. The molecule has 12 heteroatoms. The molecule has 1 saturated carbocycles. The topological polar surface area (TPSA) is 118 Å². The molecule has 2 aliphatic heterocycles. The van der Waals surface area contributed by atoms with Gasteiger partial charge in [0.25, 0.3) is 5.91 Å². The minimum absolute atomic E-state index is 0.0888. The summed E-state index contributed by atoms with van der Waals surface area (Å²) in [6, 6.07) is 5.42. The molecule has 3 aliphatic rings. The number of rotatable bonds is 14. The lowest BCUT2D eigenvalue weighted by molar-refractivity contribution is -0.120. The van der Waals surface area contributed by atoms with Gasteiger partial charge in [-0.2, -0.15) is 4.98 Å². The van der Waals surface area contributed by atoms with E-state index in [1.807, 2.05) is 13.1 Å². The molecule has 2 amide bonds. The van der Waals surface area contributed by atoms with E-state index in [1.54, 1.807) is 37.4 Å². The minimum atomic E-state index is -0.232. The van der Waals surface area contributed by atoms with E-state index in [0.29, 0.717) is 35.5 Å². The van der Waals surface area contributed by atoms with Crippen LogP contribution in [0.5, 0.6) is 5.75 Å². The van der Waals surface area contributed by atoms with Crippen LogP contribution in [0.25, 0.3) is 0 Å². The highest BCUT2D eigenvalue weighted by atomic mass is 16.5. The monoisotopic (exact) mass is 621 g/mol. The van der Waals surface area contributed by atoms with Gasteiger partial charge in [-0.25, -0.2) is 4.98 Å². The maximum atomic E-state index is 13.2. The number of carbonyl (C=O) groups is 2. The van der Waals surface area contributed by atoms with E-state index in [2.05, 4.69) is 42.6 Å². The van der Waals surface area contributed by atoms with E-state index in [4.69, 9.17) is 9.72 Å². The predicted molar refractivity (Wildman–Crippen MR) is 179 cm³/mol. The SMILES string of the molecule is CC[C@@H]1C(=O)N(C)c2cnc(Nc3ccc(C(=O)NCCCN4CCN(CCCNC)CC4)cc3OC)nc2N1C1CCCC1. The number of fused-ring (bicyclic) bond motifs is 1. The van der Waals surface area contributed by atoms with Crippen molar-refractivity contribution in [2.45, 2.75) is 64.0 Å². The molecular formula is C33H51N9O3. The fourth-order valence-corrected chi connectivity index (χ4v) is 6.82. The van der Waals surface area contributed by atoms with Gasteiger partial charge in [0.1, 0.15) is 17.5 Å². The zero-order valence-corrected chi connectivity index (χ0v) is 27.5. The summed E-state index contributed by atoms with van der Waals surface area (Å²) < 4.78 is 5.66. The minimum Gasteiger partial charge on any atom is -0.495 e. The fourth-order valence-electron chi connectivity index (χ4n) is 6.82. The van der Waals surface area contributed by atoms with Gasteiger partial charge in [0.2, 0.25) is 11.9 Å². The number of anilines is 4. The molecule has 12 nitrogen and oxygen atoms in total. The van der Waals surface area contributed by atoms with Crippen molar-refractivity contribution in [2.75, 3.05) is 88.7 Å². The van der Waals surface area contributed by atoms with Crippen molar-refractivity contribution in [3.63, 3.8) is 0 Å². The average molecular weight is 622 g/mol. The largest absolute Gasteiger partial charge is 0.495 e. The van der Waals surface area contributed by atoms with Crippen molar-refractivity contribution in [3.8, 4) is 5.75 Å². The van der Waals surface area contributed by atoms with E-state index in [1.165, 1.54) is 19.3 Å². The quantitative estimate of drug-likeness (QED) is 0.272. The van der Waals surface area contributed by atoms with Gasteiger partial charge in [0.15, 0.2) is 5.82 Å². The molecule has 2 aromatic rings. The van der Waals surface area contributed by atoms with E-state index in [-0.39, 0.29) is 17.9 Å². The highest BCUT2D eigenvalue weighted by Crippen LogP contribution is 2.40. The molecule has 0 radical (unpaired) electrons. The lowest BCUT2D eigenvalue weighted by atomic mass is 10.0. The zero-order valence-electron chi connectivity index (χ0n) is 27.5. The van der Waals surface area contributed by atoms with Crippen LogP contribution in [-0.2, 0) is 4.79 Å². The van der Waals surface area contributed by atoms with Gasteiger partial charge in [-0.1, -0.05) is 19.8 Å². The Morgan fingerprint density at radius 2 is 1.73 bits per heavy atom. The standard InChI is InChI=1S/C33H51N9O3/c1-5-27-32(44)39(3)28-23-36-33(38-30(28)42(27)25-10-6-7-11-25)37-26-13-12-24(22-29(26)45-4)31(43)35-15-9-17-41-20-18-40(19-21-41)16-8-14-34-2/h12-13,22-23,25,27,34H,5-11,14-21H2,1-4H3,(H,35,43)(H,36,37,38)/t27-/m1/s1. The van der Waals surface area contributed by atoms with Crippen molar-refractivity contribution in [1.82, 2.24) is 30.4 Å². The van der Waals surface area contributed by atoms with Crippen molar-refractivity contribution in [2.24, 2.45) is 0 Å². The number of ether oxygens (including phenoxy) is 1. The number of carbonyl (C=O) groups excluding carboxylic acids is 2. The second-order valence-electron chi connectivity index (χ2n) is 12.4. The number of piperazine rings is 1. The van der Waals surface area contributed by atoms with Gasteiger partial charge in [0, 0.05) is 51.4 Å². The molecule has 1 aromatic carbocycles. The number of likely N-dealkylation sites (N-methyl/N-ethyl adjacent to an activating group) is 1. The van der Waals surface area contributed by atoms with Crippen molar-refractivity contribution < 1.29 is 14.3 Å². The Kier molecular flexibility index (Phi) is 11.5. The van der Waals surface area contributed by atoms with Gasteiger partial charge in [-0.05, 0) is 77.0 Å². The van der Waals surface area contributed by atoms with Crippen molar-refractivity contribution in [1.29, 1.82) is 0 Å². The highest BCUT2D eigenvalue weighted by molar-refractivity contribution is 6.04. The van der Waals surface area contributed by atoms with Crippen LogP contribution in [-0.4, -0.2) is 117 Å². The molecule has 0 unspecified atom stereocenters. The normalized spacial score (nSPS) is 19.6. The Bertz CT molecular complexity index is 1290. The number of methoxy groups -OCH3 is 1. The molecular weight excluding hydrogens is 570 g/mol. The number of aromatic nitrogens is 2. The van der Waals surface area contributed by atoms with Crippen molar-refractivity contribution in [3.05, 3.63) is 30.0 Å². The molecule has 246 valence electrons. The first-order chi connectivity index (χ1) is 21.9. The lowest BCUT2D eigenvalue weighted by Crippen LogP contribution is -2.55. The van der Waals surface area contributed by atoms with Gasteiger partial charge >= 0.3 is 0 Å². The molecule has 1 aromatic heterocycles. The summed E-state index contributed by atoms with van der Waals surface area (Å²) in [6.45, 7) is 10.3. The third kappa shape index (κ3) is 7.85. The molecule has 3 heterocycles. The molecule has 2 fully saturated rings. The third-order valence-corrected chi connectivity index (χ3v) is 9.43. The summed E-state index contributed by atoms with van der Waals surface area (Å²) in [4.78, 5) is 44.6. The van der Waals surface area contributed by atoms with Crippen LogP contribution in [0, 0.1) is 0 Å². The predicted octanol–water partition coefficient (Wildman–Crippen LogP) is 3.08. The van der Waals surface area contributed by atoms with Crippen LogP contribution in [0.4, 0.5) is 23.1 Å². The smallest absolute Gasteiger partial charge is 0.251 e. The molecule has 0 spiro atoms. The van der Waals surface area contributed by atoms with Crippen LogP contribution in [0.3, 0.4) is 0 Å². The molecule has 1 atom stereocenters. The van der Waals surface area contributed by atoms with Crippen LogP contribution in [0.1, 0.15) is 62.2 Å². The maximum Gasteiger partial charge on any atom is 0.251 e. The van der Waals surface area contributed by atoms with Crippen LogP contribution in [0.2, 0.25) is 0 Å². The van der Waals surface area contributed by atoms with E-state index in [9.17, 15) is 9.59 Å². The van der Waals surface area contributed by atoms with Crippen LogP contribution < -0.4 is 30.5 Å². The molecule has 45 heavy (non-hydrogen) atoms. The lowest BCUT2D eigenvalue weighted by Gasteiger charge is -2.43. The van der Waals surface area contributed by atoms with E-state index < -0.39 is 0 Å². The fraction of sp³-hybridized carbons (Fsp3) is 0.636. The number of hydrogen-bond donors (Lipinski definition) is 3. The molecule has 1 aliphatic carbocycles.